The van der Waals surface area contributed by atoms with E-state index in [9.17, 15) is 27.9 Å². The highest BCUT2D eigenvalue weighted by Crippen LogP contribution is 2.33. The highest BCUT2D eigenvalue weighted by atomic mass is 19.4. The zero-order valence-corrected chi connectivity index (χ0v) is 14.4. The van der Waals surface area contributed by atoms with Crippen molar-refractivity contribution in [3.63, 3.8) is 0 Å². The van der Waals surface area contributed by atoms with Crippen LogP contribution >= 0.6 is 0 Å². The van der Waals surface area contributed by atoms with Gasteiger partial charge in [0.1, 0.15) is 0 Å². The Morgan fingerprint density at radius 3 is 2.07 bits per heavy atom. The van der Waals surface area contributed by atoms with E-state index in [-0.39, 0.29) is 28.8 Å². The zero-order chi connectivity index (χ0) is 20.5. The lowest BCUT2D eigenvalue weighted by molar-refractivity contribution is -0.137. The number of hydrogen-bond acceptors (Lipinski definition) is 4. The van der Waals surface area contributed by atoms with Crippen molar-refractivity contribution < 1.29 is 32.3 Å². The normalized spacial score (nSPS) is 11.3. The number of oxazole rings is 1. The van der Waals surface area contributed by atoms with E-state index in [1.54, 1.807) is 12.1 Å². The van der Waals surface area contributed by atoms with Crippen LogP contribution in [0, 0.1) is 0 Å². The van der Waals surface area contributed by atoms with Crippen LogP contribution in [0.4, 0.5) is 18.9 Å². The minimum absolute atomic E-state index is 0.0447. The topological polar surface area (TPSA) is 92.4 Å². The van der Waals surface area contributed by atoms with E-state index < -0.39 is 17.7 Å². The van der Waals surface area contributed by atoms with Gasteiger partial charge in [0.2, 0.25) is 11.8 Å². The molecule has 0 bridgehead atoms. The standard InChI is InChI=1S/C19H13F3N2O4/c1-10(25)23-14-8-4-11(5-9-14)16-15(18(26)27)24-17(28-16)12-2-6-13(7-3-12)19(20,21)22/h2-9H,1H3,(H,23,25)(H,26,27). The molecular weight excluding hydrogens is 377 g/mol. The average Bonchev–Trinajstić information content (AvgIpc) is 3.07. The lowest BCUT2D eigenvalue weighted by Gasteiger charge is -2.06. The van der Waals surface area contributed by atoms with Gasteiger partial charge in [0.05, 0.1) is 5.56 Å². The molecule has 28 heavy (non-hydrogen) atoms. The Morgan fingerprint density at radius 2 is 1.57 bits per heavy atom. The van der Waals surface area contributed by atoms with Crippen molar-refractivity contribution in [1.29, 1.82) is 0 Å². The Hall–Kier alpha value is -3.62. The molecule has 6 nitrogen and oxygen atoms in total. The Kier molecular flexibility index (Phi) is 4.91. The molecule has 0 saturated carbocycles. The molecule has 9 heteroatoms. The zero-order valence-electron chi connectivity index (χ0n) is 14.4. The number of carbonyl (C=O) groups excluding carboxylic acids is 1. The van der Waals surface area contributed by atoms with E-state index in [0.29, 0.717) is 11.3 Å². The first-order valence-corrected chi connectivity index (χ1v) is 7.95. The predicted molar refractivity (Wildman–Crippen MR) is 93.6 cm³/mol. The Labute approximate surface area is 156 Å². The molecule has 0 fully saturated rings. The summed E-state index contributed by atoms with van der Waals surface area (Å²) in [5.74, 6) is -1.77. The molecule has 0 saturated heterocycles. The smallest absolute Gasteiger partial charge is 0.416 e. The van der Waals surface area contributed by atoms with Gasteiger partial charge in [-0.05, 0) is 48.5 Å². The molecule has 0 radical (unpaired) electrons. The molecule has 0 spiro atoms. The summed E-state index contributed by atoms with van der Waals surface area (Å²) < 4.78 is 43.6. The summed E-state index contributed by atoms with van der Waals surface area (Å²) in [6, 6.07) is 10.2. The minimum Gasteiger partial charge on any atom is -0.476 e. The number of aromatic nitrogens is 1. The third-order valence-electron chi connectivity index (χ3n) is 3.76. The number of hydrogen-bond donors (Lipinski definition) is 2. The van der Waals surface area contributed by atoms with Gasteiger partial charge < -0.3 is 14.8 Å². The van der Waals surface area contributed by atoms with Crippen molar-refractivity contribution in [2.24, 2.45) is 0 Å². The molecule has 2 aromatic carbocycles. The predicted octanol–water partition coefficient (Wildman–Crippen LogP) is 4.68. The van der Waals surface area contributed by atoms with E-state index in [1.807, 2.05) is 0 Å². The number of carboxylic acids is 1. The third-order valence-corrected chi connectivity index (χ3v) is 3.76. The fraction of sp³-hybridized carbons (Fsp3) is 0.105. The van der Waals surface area contributed by atoms with Crippen LogP contribution in [0.3, 0.4) is 0 Å². The average molecular weight is 390 g/mol. The Balaban J connectivity index is 1.98. The largest absolute Gasteiger partial charge is 0.476 e. The second-order valence-electron chi connectivity index (χ2n) is 5.84. The number of halogens is 3. The van der Waals surface area contributed by atoms with Gasteiger partial charge in [0, 0.05) is 23.7 Å². The number of carboxylic acid groups (broad SMARTS) is 1. The lowest BCUT2D eigenvalue weighted by Crippen LogP contribution is -2.05. The quantitative estimate of drug-likeness (QED) is 0.675. The van der Waals surface area contributed by atoms with Crippen LogP contribution in [0.5, 0.6) is 0 Å². The molecule has 1 amide bonds. The van der Waals surface area contributed by atoms with Gasteiger partial charge >= 0.3 is 12.1 Å². The van der Waals surface area contributed by atoms with Crippen LogP contribution in [-0.4, -0.2) is 22.0 Å². The number of benzene rings is 2. The highest BCUT2D eigenvalue weighted by molar-refractivity contribution is 5.93. The first-order valence-electron chi connectivity index (χ1n) is 7.95. The summed E-state index contributed by atoms with van der Waals surface area (Å²) in [5, 5.41) is 12.0. The van der Waals surface area contributed by atoms with Crippen LogP contribution < -0.4 is 5.32 Å². The number of anilines is 1. The molecule has 0 aliphatic heterocycles. The van der Waals surface area contributed by atoms with Gasteiger partial charge in [-0.15, -0.1) is 0 Å². The maximum absolute atomic E-state index is 12.7. The van der Waals surface area contributed by atoms with E-state index >= 15 is 0 Å². The van der Waals surface area contributed by atoms with Crippen LogP contribution in [0.25, 0.3) is 22.8 Å². The molecule has 144 valence electrons. The van der Waals surface area contributed by atoms with Crippen LogP contribution in [-0.2, 0) is 11.0 Å². The van der Waals surface area contributed by atoms with E-state index in [1.165, 1.54) is 19.1 Å². The van der Waals surface area contributed by atoms with Gasteiger partial charge in [0.15, 0.2) is 11.5 Å². The van der Waals surface area contributed by atoms with Crippen LogP contribution in [0.2, 0.25) is 0 Å². The van der Waals surface area contributed by atoms with Crippen LogP contribution in [0.1, 0.15) is 23.0 Å². The molecule has 1 heterocycles. The van der Waals surface area contributed by atoms with E-state index in [0.717, 1.165) is 24.3 Å². The van der Waals surface area contributed by atoms with Crippen molar-refractivity contribution in [2.75, 3.05) is 5.32 Å². The van der Waals surface area contributed by atoms with Gasteiger partial charge in [-0.3, -0.25) is 4.79 Å². The number of carbonyl (C=O) groups is 2. The molecule has 2 N–H and O–H groups in total. The van der Waals surface area contributed by atoms with Gasteiger partial charge in [0.25, 0.3) is 0 Å². The Morgan fingerprint density at radius 1 is 1.00 bits per heavy atom. The second kappa shape index (κ2) is 7.18. The van der Waals surface area contributed by atoms with Crippen molar-refractivity contribution in [2.45, 2.75) is 13.1 Å². The summed E-state index contributed by atoms with van der Waals surface area (Å²) >= 11 is 0. The maximum Gasteiger partial charge on any atom is 0.416 e. The number of rotatable bonds is 4. The highest BCUT2D eigenvalue weighted by Gasteiger charge is 2.30. The summed E-state index contributed by atoms with van der Waals surface area (Å²) in [5.41, 5.74) is -0.110. The summed E-state index contributed by atoms with van der Waals surface area (Å²) in [4.78, 5) is 26.5. The van der Waals surface area contributed by atoms with Crippen LogP contribution in [0.15, 0.2) is 52.9 Å². The molecule has 0 aliphatic carbocycles. The number of alkyl halides is 3. The monoisotopic (exact) mass is 390 g/mol. The maximum atomic E-state index is 12.7. The van der Waals surface area contributed by atoms with E-state index in [4.69, 9.17) is 4.42 Å². The molecular formula is C19H13F3N2O4. The first kappa shape index (κ1) is 19.2. The fourth-order valence-corrected chi connectivity index (χ4v) is 2.49. The van der Waals surface area contributed by atoms with Crippen molar-refractivity contribution in [3.8, 4) is 22.8 Å². The molecule has 1 aromatic heterocycles. The van der Waals surface area contributed by atoms with Crippen molar-refractivity contribution >= 4 is 17.6 Å². The molecule has 0 aliphatic rings. The summed E-state index contributed by atoms with van der Waals surface area (Å²) in [6.45, 7) is 1.35. The molecule has 3 rings (SSSR count). The number of nitrogens with zero attached hydrogens (tertiary/aromatic N) is 1. The van der Waals surface area contributed by atoms with Crippen molar-refractivity contribution in [3.05, 3.63) is 59.8 Å². The third kappa shape index (κ3) is 4.03. The molecule has 3 aromatic rings. The van der Waals surface area contributed by atoms with E-state index in [2.05, 4.69) is 10.3 Å². The number of amides is 1. The summed E-state index contributed by atoms with van der Waals surface area (Å²) in [7, 11) is 0. The van der Waals surface area contributed by atoms with Gasteiger partial charge in [-0.1, -0.05) is 0 Å². The minimum atomic E-state index is -4.48. The number of aromatic carboxylic acids is 1. The molecule has 0 atom stereocenters. The molecule has 0 unspecified atom stereocenters. The summed E-state index contributed by atoms with van der Waals surface area (Å²) in [6.07, 6.45) is -4.48. The first-order chi connectivity index (χ1) is 13.1. The van der Waals surface area contributed by atoms with Gasteiger partial charge in [-0.2, -0.15) is 13.2 Å². The SMILES string of the molecule is CC(=O)Nc1ccc(-c2oc(-c3ccc(C(F)(F)F)cc3)nc2C(=O)O)cc1. The number of nitrogens with one attached hydrogen (secondary N) is 1. The van der Waals surface area contributed by atoms with Crippen molar-refractivity contribution in [1.82, 2.24) is 4.98 Å². The fourth-order valence-electron chi connectivity index (χ4n) is 2.49. The Bertz CT molecular complexity index is 1020. The van der Waals surface area contributed by atoms with Gasteiger partial charge in [-0.25, -0.2) is 9.78 Å². The lowest BCUT2D eigenvalue weighted by atomic mass is 10.1. The second-order valence-corrected chi connectivity index (χ2v) is 5.84.